The first kappa shape index (κ1) is 13.0. The Kier molecular flexibility index (Phi) is 3.42. The van der Waals surface area contributed by atoms with E-state index in [1.807, 2.05) is 0 Å². The summed E-state index contributed by atoms with van der Waals surface area (Å²) in [4.78, 5) is 34.5. The van der Waals surface area contributed by atoms with Crippen LogP contribution >= 0.6 is 0 Å². The van der Waals surface area contributed by atoms with Gasteiger partial charge in [0, 0.05) is 6.54 Å². The molecule has 0 saturated carbocycles. The average molecular weight is 268 g/mol. The number of hydrogen-bond donors (Lipinski definition) is 3. The molecule has 0 spiro atoms. The van der Waals surface area contributed by atoms with Crippen LogP contribution in [0.25, 0.3) is 0 Å². The number of carboxylic acids is 1. The molecule has 1 aromatic rings. The van der Waals surface area contributed by atoms with Crippen LogP contribution in [0.4, 0.5) is 4.79 Å². The molecule has 10 nitrogen and oxygen atoms in total. The zero-order chi connectivity index (χ0) is 14.0. The van der Waals surface area contributed by atoms with Crippen molar-refractivity contribution in [2.75, 3.05) is 13.1 Å². The van der Waals surface area contributed by atoms with Gasteiger partial charge in [-0.15, -0.1) is 5.10 Å². The van der Waals surface area contributed by atoms with Gasteiger partial charge >= 0.3 is 12.0 Å². The quantitative estimate of drug-likeness (QED) is 0.523. The molecule has 1 aromatic heterocycles. The predicted octanol–water partition coefficient (Wildman–Crippen LogP) is -2.01. The normalized spacial score (nSPS) is 14.9. The summed E-state index contributed by atoms with van der Waals surface area (Å²) in [6.45, 7) is 0.154. The van der Waals surface area contributed by atoms with Gasteiger partial charge in [0.1, 0.15) is 0 Å². The van der Waals surface area contributed by atoms with E-state index in [4.69, 9.17) is 10.8 Å². The Morgan fingerprint density at radius 1 is 1.42 bits per heavy atom. The van der Waals surface area contributed by atoms with Gasteiger partial charge in [-0.05, 0) is 0 Å². The summed E-state index contributed by atoms with van der Waals surface area (Å²) >= 11 is 0. The maximum Gasteiger partial charge on any atom is 0.358 e. The molecule has 2 heterocycles. The van der Waals surface area contributed by atoms with E-state index >= 15 is 0 Å². The monoisotopic (exact) mass is 268 g/mol. The predicted molar refractivity (Wildman–Crippen MR) is 60.0 cm³/mol. The maximum absolute atomic E-state index is 11.4. The lowest BCUT2D eigenvalue weighted by atomic mass is 10.3. The molecular weight excluding hydrogens is 256 g/mol. The van der Waals surface area contributed by atoms with Gasteiger partial charge in [0.15, 0.2) is 5.69 Å². The highest BCUT2D eigenvalue weighted by Crippen LogP contribution is 2.06. The van der Waals surface area contributed by atoms with Crippen LogP contribution in [0.1, 0.15) is 16.2 Å². The summed E-state index contributed by atoms with van der Waals surface area (Å²) in [6, 6.07) is -0.474. The summed E-state index contributed by atoms with van der Waals surface area (Å²) < 4.78 is 1.28. The van der Waals surface area contributed by atoms with Crippen LogP contribution in [0.2, 0.25) is 0 Å². The van der Waals surface area contributed by atoms with Crippen LogP contribution < -0.4 is 11.1 Å². The van der Waals surface area contributed by atoms with E-state index in [0.717, 1.165) is 4.90 Å². The molecule has 1 fully saturated rings. The van der Waals surface area contributed by atoms with Crippen molar-refractivity contribution in [2.45, 2.75) is 13.1 Å². The van der Waals surface area contributed by atoms with Gasteiger partial charge in [-0.2, -0.15) is 0 Å². The Bertz CT molecular complexity index is 523. The molecule has 3 amide bonds. The van der Waals surface area contributed by atoms with Crippen LogP contribution in [-0.4, -0.2) is 56.0 Å². The molecule has 1 aliphatic rings. The molecule has 19 heavy (non-hydrogen) atoms. The fraction of sp³-hybridized carbons (Fsp3) is 0.444. The van der Waals surface area contributed by atoms with Gasteiger partial charge in [0.2, 0.25) is 5.91 Å². The highest BCUT2D eigenvalue weighted by molar-refractivity contribution is 6.01. The van der Waals surface area contributed by atoms with Crippen molar-refractivity contribution >= 4 is 17.9 Å². The van der Waals surface area contributed by atoms with E-state index in [1.54, 1.807) is 0 Å². The number of rotatable bonds is 5. The van der Waals surface area contributed by atoms with Crippen LogP contribution in [0.3, 0.4) is 0 Å². The minimum absolute atomic E-state index is 0.0275. The summed E-state index contributed by atoms with van der Waals surface area (Å²) in [5.74, 6) is -1.56. The van der Waals surface area contributed by atoms with Crippen molar-refractivity contribution in [3.8, 4) is 0 Å². The van der Waals surface area contributed by atoms with Crippen LogP contribution in [-0.2, 0) is 17.9 Å². The van der Waals surface area contributed by atoms with Crippen molar-refractivity contribution in [1.82, 2.24) is 25.2 Å². The molecule has 0 radical (unpaired) electrons. The number of hydrogen-bond acceptors (Lipinski definition) is 6. The molecular formula is C9H12N6O4. The number of aromatic carboxylic acids is 1. The third kappa shape index (κ3) is 2.38. The highest BCUT2D eigenvalue weighted by Gasteiger charge is 2.28. The summed E-state index contributed by atoms with van der Waals surface area (Å²) in [5, 5.41) is 18.4. The van der Waals surface area contributed by atoms with E-state index in [2.05, 4.69) is 15.6 Å². The van der Waals surface area contributed by atoms with E-state index in [-0.39, 0.29) is 43.5 Å². The number of nitrogens with two attached hydrogens (primary N) is 1. The number of nitrogens with zero attached hydrogens (tertiary/aromatic N) is 4. The molecule has 10 heteroatoms. The molecule has 1 aliphatic heterocycles. The van der Waals surface area contributed by atoms with Crippen molar-refractivity contribution < 1.29 is 19.5 Å². The Hall–Kier alpha value is -2.49. The first-order valence-corrected chi connectivity index (χ1v) is 5.48. The lowest BCUT2D eigenvalue weighted by molar-refractivity contribution is -0.125. The van der Waals surface area contributed by atoms with Gasteiger partial charge in [0.25, 0.3) is 0 Å². The first-order chi connectivity index (χ1) is 9.04. The second kappa shape index (κ2) is 5.02. The maximum atomic E-state index is 11.4. The molecule has 0 aliphatic carbocycles. The highest BCUT2D eigenvalue weighted by atomic mass is 16.4. The summed E-state index contributed by atoms with van der Waals surface area (Å²) in [6.07, 6.45) is 0. The second-order valence-corrected chi connectivity index (χ2v) is 3.82. The number of aromatic nitrogens is 3. The van der Waals surface area contributed by atoms with E-state index in [9.17, 15) is 14.4 Å². The Morgan fingerprint density at radius 3 is 2.68 bits per heavy atom. The molecule has 1 saturated heterocycles. The SMILES string of the molecule is NCc1c(C(=O)O)nnn1CCN1C(=O)CNC1=O. The minimum atomic E-state index is -1.22. The van der Waals surface area contributed by atoms with Crippen molar-refractivity contribution in [1.29, 1.82) is 0 Å². The van der Waals surface area contributed by atoms with Crippen LogP contribution in [0.5, 0.6) is 0 Å². The first-order valence-electron chi connectivity index (χ1n) is 5.48. The number of amides is 3. The largest absolute Gasteiger partial charge is 0.476 e. The van der Waals surface area contributed by atoms with Crippen molar-refractivity contribution in [2.24, 2.45) is 5.73 Å². The standard InChI is InChI=1S/C9H12N6O4/c10-3-5-7(8(17)18)12-13-15(5)2-1-14-6(16)4-11-9(14)19/h1-4,10H2,(H,11,19)(H,17,18). The zero-order valence-electron chi connectivity index (χ0n) is 9.87. The fourth-order valence-electron chi connectivity index (χ4n) is 1.76. The van der Waals surface area contributed by atoms with Gasteiger partial charge in [-0.25, -0.2) is 14.3 Å². The van der Waals surface area contributed by atoms with Gasteiger partial charge in [-0.3, -0.25) is 9.69 Å². The van der Waals surface area contributed by atoms with E-state index in [1.165, 1.54) is 4.68 Å². The number of imide groups is 1. The molecule has 102 valence electrons. The Labute approximate surface area is 107 Å². The summed E-state index contributed by atoms with van der Waals surface area (Å²) in [7, 11) is 0. The fourth-order valence-corrected chi connectivity index (χ4v) is 1.76. The van der Waals surface area contributed by atoms with Crippen LogP contribution in [0, 0.1) is 0 Å². The number of carbonyl (C=O) groups is 3. The minimum Gasteiger partial charge on any atom is -0.476 e. The van der Waals surface area contributed by atoms with Crippen molar-refractivity contribution in [3.63, 3.8) is 0 Å². The third-order valence-corrected chi connectivity index (χ3v) is 2.71. The summed E-state index contributed by atoms with van der Waals surface area (Å²) in [5.41, 5.74) is 5.48. The number of nitrogens with one attached hydrogen (secondary N) is 1. The molecule has 0 aromatic carbocycles. The molecule has 4 N–H and O–H groups in total. The molecule has 2 rings (SSSR count). The molecule has 0 unspecified atom stereocenters. The Morgan fingerprint density at radius 2 is 2.16 bits per heavy atom. The van der Waals surface area contributed by atoms with Gasteiger partial charge < -0.3 is 16.2 Å². The second-order valence-electron chi connectivity index (χ2n) is 3.82. The van der Waals surface area contributed by atoms with Gasteiger partial charge in [0.05, 0.1) is 25.3 Å². The topological polar surface area (TPSA) is 143 Å². The lowest BCUT2D eigenvalue weighted by Crippen LogP contribution is -2.34. The number of urea groups is 1. The molecule has 0 atom stereocenters. The third-order valence-electron chi connectivity index (χ3n) is 2.71. The zero-order valence-corrected chi connectivity index (χ0v) is 9.87. The lowest BCUT2D eigenvalue weighted by Gasteiger charge is -2.12. The van der Waals surface area contributed by atoms with E-state index < -0.39 is 12.0 Å². The smallest absolute Gasteiger partial charge is 0.358 e. The van der Waals surface area contributed by atoms with Crippen LogP contribution in [0.15, 0.2) is 0 Å². The van der Waals surface area contributed by atoms with Gasteiger partial charge in [-0.1, -0.05) is 5.21 Å². The molecule has 0 bridgehead atoms. The average Bonchev–Trinajstić information content (AvgIpc) is 2.91. The number of carbonyl (C=O) groups excluding carboxylic acids is 2. The Balaban J connectivity index is 2.09. The number of carboxylic acid groups (broad SMARTS) is 1. The van der Waals surface area contributed by atoms with Crippen molar-refractivity contribution in [3.05, 3.63) is 11.4 Å². The van der Waals surface area contributed by atoms with E-state index in [0.29, 0.717) is 0 Å².